The third-order valence-corrected chi connectivity index (χ3v) is 6.77. The minimum atomic E-state index is -3.66. The van der Waals surface area contributed by atoms with Crippen molar-refractivity contribution in [3.63, 3.8) is 0 Å². The van der Waals surface area contributed by atoms with Crippen molar-refractivity contribution in [2.45, 2.75) is 11.4 Å². The highest BCUT2D eigenvalue weighted by Gasteiger charge is 2.31. The summed E-state index contributed by atoms with van der Waals surface area (Å²) in [4.78, 5) is 2.35. The monoisotopic (exact) mass is 446 g/mol. The molecule has 2 aromatic rings. The molecule has 1 aliphatic heterocycles. The van der Waals surface area contributed by atoms with Crippen molar-refractivity contribution < 1.29 is 17.9 Å². The first-order valence-corrected chi connectivity index (χ1v) is 10.4. The van der Waals surface area contributed by atoms with Gasteiger partial charge in [0.1, 0.15) is 16.4 Å². The van der Waals surface area contributed by atoms with Crippen LogP contribution >= 0.6 is 24.0 Å². The molecular formula is C19H24Cl2N2O4S. The van der Waals surface area contributed by atoms with E-state index in [1.165, 1.54) is 24.6 Å². The van der Waals surface area contributed by atoms with Crippen LogP contribution in [-0.2, 0) is 16.6 Å². The van der Waals surface area contributed by atoms with Crippen LogP contribution in [0.25, 0.3) is 0 Å². The van der Waals surface area contributed by atoms with Crippen molar-refractivity contribution in [1.82, 2.24) is 9.21 Å². The van der Waals surface area contributed by atoms with Crippen LogP contribution in [0, 0.1) is 0 Å². The van der Waals surface area contributed by atoms with Crippen molar-refractivity contribution in [2.75, 3.05) is 40.4 Å². The van der Waals surface area contributed by atoms with Crippen LogP contribution in [0.1, 0.15) is 5.56 Å². The molecule has 6 nitrogen and oxygen atoms in total. The van der Waals surface area contributed by atoms with E-state index in [2.05, 4.69) is 4.90 Å². The molecule has 1 aliphatic rings. The van der Waals surface area contributed by atoms with Gasteiger partial charge in [-0.1, -0.05) is 23.7 Å². The molecule has 0 aromatic heterocycles. The molecule has 2 aromatic carbocycles. The maximum Gasteiger partial charge on any atom is 0.246 e. The summed E-state index contributed by atoms with van der Waals surface area (Å²) in [5.74, 6) is 0.797. The molecule has 0 radical (unpaired) electrons. The quantitative estimate of drug-likeness (QED) is 0.681. The van der Waals surface area contributed by atoms with Gasteiger partial charge in [0, 0.05) is 43.8 Å². The molecular weight excluding hydrogens is 423 g/mol. The van der Waals surface area contributed by atoms with E-state index in [0.717, 1.165) is 12.1 Å². The maximum atomic E-state index is 13.1. The number of hydrogen-bond acceptors (Lipinski definition) is 5. The van der Waals surface area contributed by atoms with Crippen LogP contribution in [0.5, 0.6) is 11.5 Å². The molecule has 0 saturated carbocycles. The van der Waals surface area contributed by atoms with Crippen molar-refractivity contribution in [3.8, 4) is 11.5 Å². The minimum absolute atomic E-state index is 0. The lowest BCUT2D eigenvalue weighted by Crippen LogP contribution is -2.48. The van der Waals surface area contributed by atoms with E-state index in [1.807, 2.05) is 24.3 Å². The molecule has 0 aliphatic carbocycles. The van der Waals surface area contributed by atoms with Gasteiger partial charge >= 0.3 is 0 Å². The first kappa shape index (κ1) is 22.8. The van der Waals surface area contributed by atoms with Crippen LogP contribution in [-0.4, -0.2) is 58.0 Å². The zero-order chi connectivity index (χ0) is 19.4. The second-order valence-corrected chi connectivity index (χ2v) is 8.67. The summed E-state index contributed by atoms with van der Waals surface area (Å²) in [6.45, 7) is 2.89. The number of nitrogens with zero attached hydrogens (tertiary/aromatic N) is 2. The molecule has 0 atom stereocenters. The fourth-order valence-corrected chi connectivity index (χ4v) is 4.95. The van der Waals surface area contributed by atoms with Crippen molar-refractivity contribution >= 4 is 34.0 Å². The highest BCUT2D eigenvalue weighted by molar-refractivity contribution is 7.89. The van der Waals surface area contributed by atoms with Gasteiger partial charge < -0.3 is 9.47 Å². The number of rotatable bonds is 6. The average molecular weight is 447 g/mol. The van der Waals surface area contributed by atoms with E-state index in [0.29, 0.717) is 42.7 Å². The Morgan fingerprint density at radius 1 is 1.00 bits per heavy atom. The molecule has 0 bridgehead atoms. The third-order valence-electron chi connectivity index (χ3n) is 4.62. The van der Waals surface area contributed by atoms with Gasteiger partial charge in [-0.3, -0.25) is 4.90 Å². The molecule has 0 spiro atoms. The molecule has 9 heteroatoms. The molecule has 154 valence electrons. The summed E-state index contributed by atoms with van der Waals surface area (Å²) in [6, 6.07) is 12.5. The number of halogens is 2. The Kier molecular flexibility index (Phi) is 7.97. The van der Waals surface area contributed by atoms with Crippen molar-refractivity contribution in [3.05, 3.63) is 53.1 Å². The fraction of sp³-hybridized carbons (Fsp3) is 0.368. The Labute approximate surface area is 177 Å². The SMILES string of the molecule is COc1ccc(OC)c(S(=O)(=O)N2CCN(Cc3cccc(Cl)c3)CC2)c1.Cl. The predicted octanol–water partition coefficient (Wildman–Crippen LogP) is 3.29. The van der Waals surface area contributed by atoms with Gasteiger partial charge in [0.25, 0.3) is 0 Å². The molecule has 0 N–H and O–H groups in total. The van der Waals surface area contributed by atoms with Gasteiger partial charge in [-0.25, -0.2) is 8.42 Å². The predicted molar refractivity (Wildman–Crippen MR) is 112 cm³/mol. The van der Waals surface area contributed by atoms with E-state index >= 15 is 0 Å². The fourth-order valence-electron chi connectivity index (χ4n) is 3.15. The molecule has 1 fully saturated rings. The van der Waals surface area contributed by atoms with E-state index in [4.69, 9.17) is 21.1 Å². The number of piperazine rings is 1. The van der Waals surface area contributed by atoms with E-state index in [1.54, 1.807) is 12.1 Å². The lowest BCUT2D eigenvalue weighted by molar-refractivity contribution is 0.181. The van der Waals surface area contributed by atoms with Gasteiger partial charge in [-0.15, -0.1) is 12.4 Å². The van der Waals surface area contributed by atoms with Crippen LogP contribution in [0.15, 0.2) is 47.4 Å². The standard InChI is InChI=1S/C19H23ClN2O4S.ClH/c1-25-17-6-7-18(26-2)19(13-17)27(23,24)22-10-8-21(9-11-22)14-15-4-3-5-16(20)12-15;/h3-7,12-13H,8-11,14H2,1-2H3;1H. The number of sulfonamides is 1. The summed E-state index contributed by atoms with van der Waals surface area (Å²) in [7, 11) is -0.691. The topological polar surface area (TPSA) is 59.1 Å². The number of methoxy groups -OCH3 is 2. The normalized spacial score (nSPS) is 15.7. The lowest BCUT2D eigenvalue weighted by Gasteiger charge is -2.34. The third kappa shape index (κ3) is 5.10. The van der Waals surface area contributed by atoms with Gasteiger partial charge in [0.2, 0.25) is 10.0 Å². The van der Waals surface area contributed by atoms with E-state index in [-0.39, 0.29) is 17.3 Å². The summed E-state index contributed by atoms with van der Waals surface area (Å²) in [5.41, 5.74) is 1.12. The van der Waals surface area contributed by atoms with Crippen LogP contribution in [0.4, 0.5) is 0 Å². The number of ether oxygens (including phenoxy) is 2. The summed E-state index contributed by atoms with van der Waals surface area (Å²) in [6.07, 6.45) is 0. The van der Waals surface area contributed by atoms with Gasteiger partial charge in [0.05, 0.1) is 14.2 Å². The van der Waals surface area contributed by atoms with E-state index in [9.17, 15) is 8.42 Å². The zero-order valence-electron chi connectivity index (χ0n) is 15.8. The average Bonchev–Trinajstić information content (AvgIpc) is 2.68. The summed E-state index contributed by atoms with van der Waals surface area (Å²) in [5, 5.41) is 0.707. The number of hydrogen-bond donors (Lipinski definition) is 0. The molecule has 3 rings (SSSR count). The Hall–Kier alpha value is -1.51. The van der Waals surface area contributed by atoms with Crippen LogP contribution in [0.2, 0.25) is 5.02 Å². The first-order chi connectivity index (χ1) is 12.9. The Balaban J connectivity index is 0.00000280. The molecule has 0 unspecified atom stereocenters. The van der Waals surface area contributed by atoms with Crippen LogP contribution < -0.4 is 9.47 Å². The number of benzene rings is 2. The highest BCUT2D eigenvalue weighted by atomic mass is 35.5. The molecule has 1 saturated heterocycles. The highest BCUT2D eigenvalue weighted by Crippen LogP contribution is 2.31. The Bertz CT molecular complexity index is 901. The van der Waals surface area contributed by atoms with E-state index < -0.39 is 10.0 Å². The van der Waals surface area contributed by atoms with Gasteiger partial charge in [-0.2, -0.15) is 4.31 Å². The largest absolute Gasteiger partial charge is 0.497 e. The second kappa shape index (κ2) is 9.80. The maximum absolute atomic E-state index is 13.1. The summed E-state index contributed by atoms with van der Waals surface area (Å²) >= 11 is 6.04. The second-order valence-electron chi connectivity index (χ2n) is 6.33. The smallest absolute Gasteiger partial charge is 0.246 e. The zero-order valence-corrected chi connectivity index (χ0v) is 18.2. The van der Waals surface area contributed by atoms with Gasteiger partial charge in [0.15, 0.2) is 0 Å². The summed E-state index contributed by atoms with van der Waals surface area (Å²) < 4.78 is 38.1. The molecule has 28 heavy (non-hydrogen) atoms. The lowest BCUT2D eigenvalue weighted by atomic mass is 10.2. The van der Waals surface area contributed by atoms with Crippen molar-refractivity contribution in [1.29, 1.82) is 0 Å². The first-order valence-electron chi connectivity index (χ1n) is 8.63. The molecule has 1 heterocycles. The van der Waals surface area contributed by atoms with Crippen LogP contribution in [0.3, 0.4) is 0 Å². The van der Waals surface area contributed by atoms with Crippen molar-refractivity contribution in [2.24, 2.45) is 0 Å². The Morgan fingerprint density at radius 2 is 1.71 bits per heavy atom. The minimum Gasteiger partial charge on any atom is -0.497 e. The van der Waals surface area contributed by atoms with Gasteiger partial charge in [-0.05, 0) is 29.8 Å². The molecule has 0 amide bonds. The Morgan fingerprint density at radius 3 is 2.32 bits per heavy atom.